The zero-order chi connectivity index (χ0) is 24.7. The van der Waals surface area contributed by atoms with E-state index in [0.717, 1.165) is 0 Å². The molecule has 35 heavy (non-hydrogen) atoms. The smallest absolute Gasteiger partial charge is 0.303 e. The van der Waals surface area contributed by atoms with Crippen LogP contribution in [0.3, 0.4) is 0 Å². The number of carbonyl (C=O) groups excluding carboxylic acids is 1. The van der Waals surface area contributed by atoms with Crippen molar-refractivity contribution in [2.24, 2.45) is 0 Å². The number of carbonyl (C=O) groups is 2. The maximum atomic E-state index is 12.1. The van der Waals surface area contributed by atoms with Gasteiger partial charge in [0.05, 0.1) is 5.56 Å². The minimum atomic E-state index is -1.57. The number of aryl methyl sites for hydroxylation is 1. The van der Waals surface area contributed by atoms with Gasteiger partial charge in [-0.3, -0.25) is 9.59 Å². The summed E-state index contributed by atoms with van der Waals surface area (Å²) in [5.74, 6) is -1.18. The molecule has 1 atom stereocenters. The van der Waals surface area contributed by atoms with Gasteiger partial charge in [0, 0.05) is 29.0 Å². The second kappa shape index (κ2) is 8.52. The molecule has 1 aliphatic rings. The van der Waals surface area contributed by atoms with Gasteiger partial charge in [-0.1, -0.05) is 66.2 Å². The van der Waals surface area contributed by atoms with Crippen LogP contribution in [0.5, 0.6) is 23.0 Å². The van der Waals surface area contributed by atoms with Crippen molar-refractivity contribution in [2.45, 2.75) is 18.4 Å². The maximum Gasteiger partial charge on any atom is 0.303 e. The summed E-state index contributed by atoms with van der Waals surface area (Å²) in [6.45, 7) is 0.325. The van der Waals surface area contributed by atoms with Gasteiger partial charge in [0.25, 0.3) is 6.47 Å². The van der Waals surface area contributed by atoms with Crippen molar-refractivity contribution in [3.05, 3.63) is 94.0 Å². The molecule has 176 valence electrons. The van der Waals surface area contributed by atoms with Gasteiger partial charge < -0.3 is 24.8 Å². The molecule has 7 nitrogen and oxygen atoms in total. The van der Waals surface area contributed by atoms with Gasteiger partial charge in [0.15, 0.2) is 11.4 Å². The second-order valence-electron chi connectivity index (χ2n) is 8.15. The lowest BCUT2D eigenvalue weighted by Crippen LogP contribution is -2.36. The summed E-state index contributed by atoms with van der Waals surface area (Å²) in [5.41, 5.74) is 0.0416. The van der Waals surface area contributed by atoms with Crippen molar-refractivity contribution in [3.63, 3.8) is 0 Å². The Bertz CT molecular complexity index is 1480. The molecule has 0 saturated carbocycles. The molecule has 0 bridgehead atoms. The molecule has 0 aromatic heterocycles. The van der Waals surface area contributed by atoms with E-state index in [1.54, 1.807) is 54.6 Å². The summed E-state index contributed by atoms with van der Waals surface area (Å²) in [4.78, 5) is 23.3. The largest absolute Gasteiger partial charge is 0.507 e. The number of aromatic hydroxyl groups is 2. The van der Waals surface area contributed by atoms with Crippen molar-refractivity contribution in [3.8, 4) is 23.0 Å². The fourth-order valence-corrected chi connectivity index (χ4v) is 4.98. The van der Waals surface area contributed by atoms with Crippen molar-refractivity contribution in [2.75, 3.05) is 0 Å². The number of carboxylic acids is 1. The highest BCUT2D eigenvalue weighted by molar-refractivity contribution is 6.34. The standard InChI is InChI=1S/C27H19ClO7/c28-24-25(33)15(10-11-22(31)32)12-19-26(24)35-21-13-20(30)17-8-4-5-9-18(17)23(21)27(19,34-14-29)16-6-2-1-3-7-16/h1-9,12-14,30,33H,10-11H2,(H,31,32). The van der Waals surface area contributed by atoms with Crippen LogP contribution in [0.25, 0.3) is 10.8 Å². The molecular weight excluding hydrogens is 472 g/mol. The minimum absolute atomic E-state index is 0.0106. The van der Waals surface area contributed by atoms with Gasteiger partial charge in [-0.25, -0.2) is 0 Å². The quantitative estimate of drug-likeness (QED) is 0.306. The molecule has 5 rings (SSSR count). The number of benzene rings is 4. The topological polar surface area (TPSA) is 113 Å². The first-order valence-corrected chi connectivity index (χ1v) is 11.1. The highest BCUT2D eigenvalue weighted by Gasteiger charge is 2.49. The summed E-state index contributed by atoms with van der Waals surface area (Å²) in [7, 11) is 0. The summed E-state index contributed by atoms with van der Waals surface area (Å²) in [6.07, 6.45) is -0.257. The molecule has 1 heterocycles. The molecule has 4 aromatic rings. The summed E-state index contributed by atoms with van der Waals surface area (Å²) in [6, 6.07) is 19.0. The van der Waals surface area contributed by atoms with E-state index in [2.05, 4.69) is 0 Å². The first-order valence-electron chi connectivity index (χ1n) is 10.7. The molecule has 1 unspecified atom stereocenters. The van der Waals surface area contributed by atoms with E-state index in [1.807, 2.05) is 6.07 Å². The Balaban J connectivity index is 1.94. The number of hydrogen-bond donors (Lipinski definition) is 3. The maximum absolute atomic E-state index is 12.1. The van der Waals surface area contributed by atoms with Crippen LogP contribution in [0, 0.1) is 0 Å². The fraction of sp³-hybridized carbons (Fsp3) is 0.111. The number of rotatable bonds is 6. The second-order valence-corrected chi connectivity index (χ2v) is 8.52. The zero-order valence-corrected chi connectivity index (χ0v) is 19.0. The Kier molecular flexibility index (Phi) is 5.49. The molecule has 0 amide bonds. The lowest BCUT2D eigenvalue weighted by atomic mass is 9.75. The van der Waals surface area contributed by atoms with Crippen LogP contribution in [0.15, 0.2) is 66.7 Å². The zero-order valence-electron chi connectivity index (χ0n) is 18.2. The van der Waals surface area contributed by atoms with Crippen molar-refractivity contribution in [1.29, 1.82) is 0 Å². The average molecular weight is 491 g/mol. The molecule has 0 saturated heterocycles. The highest BCUT2D eigenvalue weighted by atomic mass is 35.5. The van der Waals surface area contributed by atoms with Crippen molar-refractivity contribution >= 4 is 34.8 Å². The molecule has 8 heteroatoms. The number of carboxylic acid groups (broad SMARTS) is 1. The van der Waals surface area contributed by atoms with E-state index in [4.69, 9.17) is 21.1 Å². The van der Waals surface area contributed by atoms with Gasteiger partial charge in [-0.2, -0.15) is 0 Å². The van der Waals surface area contributed by atoms with E-state index in [0.29, 0.717) is 33.9 Å². The molecule has 3 N–H and O–H groups in total. The number of aliphatic carboxylic acids is 1. The van der Waals surface area contributed by atoms with Gasteiger partial charge in [-0.05, 0) is 23.4 Å². The normalized spacial score (nSPS) is 16.1. The predicted octanol–water partition coefficient (Wildman–Crippen LogP) is 5.49. The molecule has 0 aliphatic carbocycles. The van der Waals surface area contributed by atoms with E-state index in [1.165, 1.54) is 6.07 Å². The Morgan fingerprint density at radius 2 is 1.71 bits per heavy atom. The third kappa shape index (κ3) is 3.43. The van der Waals surface area contributed by atoms with Crippen molar-refractivity contribution in [1.82, 2.24) is 0 Å². The molecular formula is C27H19ClO7. The number of fused-ring (bicyclic) bond motifs is 4. The predicted molar refractivity (Wildman–Crippen MR) is 128 cm³/mol. The molecule has 1 aliphatic heterocycles. The number of phenolic OH excluding ortho intramolecular Hbond substituents is 2. The summed E-state index contributed by atoms with van der Waals surface area (Å²) in [5, 5.41) is 31.6. The minimum Gasteiger partial charge on any atom is -0.507 e. The van der Waals surface area contributed by atoms with E-state index < -0.39 is 11.6 Å². The third-order valence-corrected chi connectivity index (χ3v) is 6.57. The van der Waals surface area contributed by atoms with Crippen LogP contribution >= 0.6 is 11.6 Å². The van der Waals surface area contributed by atoms with Crippen LogP contribution < -0.4 is 4.74 Å². The van der Waals surface area contributed by atoms with E-state index in [-0.39, 0.29) is 46.4 Å². The van der Waals surface area contributed by atoms with Crippen LogP contribution in [0.1, 0.15) is 28.7 Å². The van der Waals surface area contributed by atoms with Crippen LogP contribution in [-0.4, -0.2) is 27.8 Å². The van der Waals surface area contributed by atoms with Gasteiger partial charge >= 0.3 is 5.97 Å². The molecule has 0 radical (unpaired) electrons. The van der Waals surface area contributed by atoms with E-state index in [9.17, 15) is 24.9 Å². The molecule has 0 spiro atoms. The first-order chi connectivity index (χ1) is 16.9. The fourth-order valence-electron chi connectivity index (χ4n) is 4.72. The average Bonchev–Trinajstić information content (AvgIpc) is 2.86. The SMILES string of the molecule is O=COC1(c2ccccc2)c2cc(CCC(=O)O)c(O)c(Cl)c2Oc2cc(O)c3ccccc3c21. The Morgan fingerprint density at radius 1 is 1.03 bits per heavy atom. The number of phenols is 2. The molecule has 4 aromatic carbocycles. The number of halogens is 1. The summed E-state index contributed by atoms with van der Waals surface area (Å²) < 4.78 is 12.1. The van der Waals surface area contributed by atoms with Crippen LogP contribution in [-0.2, 0) is 26.3 Å². The Morgan fingerprint density at radius 3 is 2.40 bits per heavy atom. The van der Waals surface area contributed by atoms with Crippen molar-refractivity contribution < 1.29 is 34.4 Å². The van der Waals surface area contributed by atoms with E-state index >= 15 is 0 Å². The van der Waals surface area contributed by atoms with Gasteiger partial charge in [-0.15, -0.1) is 0 Å². The number of ether oxygens (including phenoxy) is 2. The van der Waals surface area contributed by atoms with Crippen LogP contribution in [0.2, 0.25) is 5.02 Å². The number of hydrogen-bond acceptors (Lipinski definition) is 6. The molecule has 0 fully saturated rings. The Hall–Kier alpha value is -4.23. The lowest BCUT2D eigenvalue weighted by Gasteiger charge is -2.40. The third-order valence-electron chi connectivity index (χ3n) is 6.22. The Labute approximate surface area is 204 Å². The first kappa shape index (κ1) is 22.6. The van der Waals surface area contributed by atoms with Gasteiger partial charge in [0.1, 0.15) is 22.3 Å². The monoisotopic (exact) mass is 490 g/mol. The highest BCUT2D eigenvalue weighted by Crippen LogP contribution is 2.59. The van der Waals surface area contributed by atoms with Gasteiger partial charge in [0.2, 0.25) is 0 Å². The summed E-state index contributed by atoms with van der Waals surface area (Å²) >= 11 is 6.54. The lowest BCUT2D eigenvalue weighted by molar-refractivity contribution is -0.138. The van der Waals surface area contributed by atoms with Crippen LogP contribution in [0.4, 0.5) is 0 Å².